The minimum Gasteiger partial charge on any atom is -0.311 e. The fourth-order valence-electron chi connectivity index (χ4n) is 8.63. The second-order valence-corrected chi connectivity index (χ2v) is 16.5. The molecule has 2 nitrogen and oxygen atoms in total. The number of hydrogen-bond donors (Lipinski definition) is 0. The molecule has 56 heavy (non-hydrogen) atoms. The first-order valence-corrected chi connectivity index (χ1v) is 19.9. The average Bonchev–Trinajstić information content (AvgIpc) is 3.24. The van der Waals surface area contributed by atoms with Gasteiger partial charge in [-0.2, -0.15) is 0 Å². The quantitative estimate of drug-likeness (QED) is 0.154. The van der Waals surface area contributed by atoms with Gasteiger partial charge < -0.3 is 9.80 Å². The second kappa shape index (κ2) is 14.4. The first kappa shape index (κ1) is 35.3. The maximum atomic E-state index is 2.47. The average molecular weight is 725 g/mol. The molecule has 0 aliphatic heterocycles. The third-order valence-electron chi connectivity index (χ3n) is 11.9. The summed E-state index contributed by atoms with van der Waals surface area (Å²) in [7, 11) is 0. The molecule has 9 rings (SSSR count). The van der Waals surface area contributed by atoms with Crippen LogP contribution in [-0.4, -0.2) is 0 Å². The van der Waals surface area contributed by atoms with Crippen molar-refractivity contribution in [1.29, 1.82) is 0 Å². The number of rotatable bonds is 8. The number of para-hydroxylation sites is 2. The molecule has 0 atom stereocenters. The summed E-state index contributed by atoms with van der Waals surface area (Å²) in [6, 6.07) is 70.7. The van der Waals surface area contributed by atoms with Crippen molar-refractivity contribution in [3.63, 3.8) is 0 Å². The molecule has 2 heteroatoms. The smallest absolute Gasteiger partial charge is 0.0540 e. The highest BCUT2D eigenvalue weighted by Gasteiger charge is 2.37. The molecule has 0 unspecified atom stereocenters. The highest BCUT2D eigenvalue weighted by molar-refractivity contribution is 5.99. The summed E-state index contributed by atoms with van der Waals surface area (Å²) in [6.45, 7) is 9.61. The molecular weight excluding hydrogens is 677 g/mol. The van der Waals surface area contributed by atoms with E-state index in [-0.39, 0.29) is 10.8 Å². The zero-order chi connectivity index (χ0) is 38.3. The Morgan fingerprint density at radius 1 is 0.339 bits per heavy atom. The first-order valence-electron chi connectivity index (χ1n) is 19.9. The number of nitrogens with zero attached hydrogens (tertiary/aromatic N) is 2. The molecule has 0 saturated heterocycles. The molecule has 0 spiro atoms. The molecule has 0 heterocycles. The van der Waals surface area contributed by atoms with Gasteiger partial charge in [0.15, 0.2) is 0 Å². The van der Waals surface area contributed by atoms with Gasteiger partial charge in [0.2, 0.25) is 0 Å². The Balaban J connectivity index is 1.09. The molecule has 0 amide bonds. The van der Waals surface area contributed by atoms with E-state index in [1.54, 1.807) is 0 Å². The fraction of sp³-hybridized carbons (Fsp3) is 0.148. The van der Waals surface area contributed by atoms with Gasteiger partial charge in [-0.1, -0.05) is 155 Å². The minimum atomic E-state index is 0.151. The molecule has 0 aromatic heterocycles. The van der Waals surface area contributed by atoms with Crippen LogP contribution >= 0.6 is 0 Å². The van der Waals surface area contributed by atoms with Gasteiger partial charge in [-0.05, 0) is 129 Å². The molecule has 8 aromatic rings. The summed E-state index contributed by atoms with van der Waals surface area (Å²) >= 11 is 0. The second-order valence-electron chi connectivity index (χ2n) is 16.5. The Kier molecular flexibility index (Phi) is 9.06. The Morgan fingerprint density at radius 3 is 1.45 bits per heavy atom. The summed E-state index contributed by atoms with van der Waals surface area (Å²) in [5.41, 5.74) is 15.0. The Hall–Kier alpha value is -6.38. The molecule has 274 valence electrons. The van der Waals surface area contributed by atoms with Crippen LogP contribution in [-0.2, 0) is 10.8 Å². The third-order valence-corrected chi connectivity index (χ3v) is 11.9. The van der Waals surface area contributed by atoms with Gasteiger partial charge in [-0.3, -0.25) is 0 Å². The molecule has 1 aliphatic rings. The topological polar surface area (TPSA) is 6.48 Å². The Bertz CT molecular complexity index is 2580. The van der Waals surface area contributed by atoms with Crippen LogP contribution in [0, 0.1) is 0 Å². The molecule has 0 bridgehead atoms. The molecule has 8 aromatic carbocycles. The summed E-state index contributed by atoms with van der Waals surface area (Å²) in [6.07, 6.45) is 2.42. The monoisotopic (exact) mass is 724 g/mol. The van der Waals surface area contributed by atoms with E-state index in [1.165, 1.54) is 57.0 Å². The van der Waals surface area contributed by atoms with Crippen LogP contribution in [0.15, 0.2) is 194 Å². The Morgan fingerprint density at radius 2 is 0.804 bits per heavy atom. The van der Waals surface area contributed by atoms with Crippen molar-refractivity contribution in [1.82, 2.24) is 0 Å². The van der Waals surface area contributed by atoms with Gasteiger partial charge in [0.1, 0.15) is 0 Å². The van der Waals surface area contributed by atoms with Gasteiger partial charge in [-0.25, -0.2) is 0 Å². The first-order chi connectivity index (χ1) is 27.2. The maximum absolute atomic E-state index is 2.47. The summed E-state index contributed by atoms with van der Waals surface area (Å²) in [5.74, 6) is 0. The van der Waals surface area contributed by atoms with Crippen LogP contribution in [0.1, 0.15) is 51.7 Å². The lowest BCUT2D eigenvalue weighted by molar-refractivity contribution is 0.332. The summed E-state index contributed by atoms with van der Waals surface area (Å²) in [5, 5.41) is 2.45. The molecule has 0 saturated carbocycles. The van der Waals surface area contributed by atoms with Crippen molar-refractivity contribution in [2.45, 2.75) is 51.4 Å². The number of anilines is 6. The maximum Gasteiger partial charge on any atom is 0.0540 e. The van der Waals surface area contributed by atoms with E-state index < -0.39 is 0 Å². The van der Waals surface area contributed by atoms with Gasteiger partial charge >= 0.3 is 0 Å². The predicted molar refractivity (Wildman–Crippen MR) is 239 cm³/mol. The summed E-state index contributed by atoms with van der Waals surface area (Å²) in [4.78, 5) is 4.72. The van der Waals surface area contributed by atoms with Crippen LogP contribution in [0.2, 0.25) is 0 Å². The van der Waals surface area contributed by atoms with Crippen LogP contribution in [0.5, 0.6) is 0 Å². The SMILES string of the molecule is CC1(C)CCC(C)(C)c2cc(-c3cccc(N(c4ccc(-c5ccc(N(c6ccccc6)c6ccccc6)cc5)cc4)c4cccc5ccccc45)c3)ccc21. The van der Waals surface area contributed by atoms with Crippen LogP contribution < -0.4 is 9.80 Å². The highest BCUT2D eigenvalue weighted by Crippen LogP contribution is 2.47. The number of hydrogen-bond acceptors (Lipinski definition) is 2. The van der Waals surface area contributed by atoms with E-state index in [0.29, 0.717) is 0 Å². The molecular formula is C54H48N2. The van der Waals surface area contributed by atoms with E-state index in [9.17, 15) is 0 Å². The van der Waals surface area contributed by atoms with Crippen LogP contribution in [0.4, 0.5) is 34.1 Å². The van der Waals surface area contributed by atoms with E-state index in [1.807, 2.05) is 0 Å². The van der Waals surface area contributed by atoms with Crippen molar-refractivity contribution in [2.24, 2.45) is 0 Å². The molecule has 0 radical (unpaired) electrons. The lowest BCUT2D eigenvalue weighted by Crippen LogP contribution is -2.33. The van der Waals surface area contributed by atoms with E-state index in [4.69, 9.17) is 0 Å². The van der Waals surface area contributed by atoms with Crippen LogP contribution in [0.3, 0.4) is 0 Å². The predicted octanol–water partition coefficient (Wildman–Crippen LogP) is 15.5. The summed E-state index contributed by atoms with van der Waals surface area (Å²) < 4.78 is 0. The fourth-order valence-corrected chi connectivity index (χ4v) is 8.63. The molecule has 1 aliphatic carbocycles. The number of benzene rings is 8. The third kappa shape index (κ3) is 6.66. The van der Waals surface area contributed by atoms with Crippen molar-refractivity contribution < 1.29 is 0 Å². The minimum absolute atomic E-state index is 0.151. The van der Waals surface area contributed by atoms with Gasteiger partial charge in [-0.15, -0.1) is 0 Å². The largest absolute Gasteiger partial charge is 0.311 e. The van der Waals surface area contributed by atoms with E-state index in [0.717, 1.165) is 34.1 Å². The standard InChI is InChI=1S/C54H48N2/c1-53(2)35-36-54(3,4)51-38-43(29-34-50(51)53)42-17-13-22-48(37-42)56(52-24-14-16-41-15-11-12-23-49(41)52)47-32-27-40(28-33-47)39-25-30-46(31-26-39)55(44-18-7-5-8-19-44)45-20-9-6-10-21-45/h5-34,37-38H,35-36H2,1-4H3. The van der Waals surface area contributed by atoms with Crippen molar-refractivity contribution >= 4 is 44.9 Å². The highest BCUT2D eigenvalue weighted by atomic mass is 15.1. The van der Waals surface area contributed by atoms with Crippen LogP contribution in [0.25, 0.3) is 33.0 Å². The van der Waals surface area contributed by atoms with E-state index >= 15 is 0 Å². The zero-order valence-corrected chi connectivity index (χ0v) is 32.8. The van der Waals surface area contributed by atoms with Crippen molar-refractivity contribution in [3.8, 4) is 22.3 Å². The van der Waals surface area contributed by atoms with E-state index in [2.05, 4.69) is 232 Å². The van der Waals surface area contributed by atoms with Gasteiger partial charge in [0.25, 0.3) is 0 Å². The van der Waals surface area contributed by atoms with Crippen molar-refractivity contribution in [3.05, 3.63) is 205 Å². The lowest BCUT2D eigenvalue weighted by Gasteiger charge is -2.42. The molecule has 0 N–H and O–H groups in total. The molecule has 0 fully saturated rings. The lowest BCUT2D eigenvalue weighted by atomic mass is 9.63. The Labute approximate surface area is 332 Å². The van der Waals surface area contributed by atoms with Crippen molar-refractivity contribution in [2.75, 3.05) is 9.80 Å². The van der Waals surface area contributed by atoms with Gasteiger partial charge in [0.05, 0.1) is 5.69 Å². The van der Waals surface area contributed by atoms with Gasteiger partial charge in [0, 0.05) is 33.8 Å². The zero-order valence-electron chi connectivity index (χ0n) is 32.8. The number of fused-ring (bicyclic) bond motifs is 2. The normalized spacial score (nSPS) is 14.2.